The van der Waals surface area contributed by atoms with Crippen molar-refractivity contribution in [1.29, 1.82) is 0 Å². The number of fused-ring (bicyclic) bond motifs is 1. The number of rotatable bonds is 2. The van der Waals surface area contributed by atoms with Crippen LogP contribution in [0.5, 0.6) is 0 Å². The molecule has 24 heavy (non-hydrogen) atoms. The minimum absolute atomic E-state index is 0.113. The number of carbonyl (C=O) groups is 1. The number of nitrogens with zero attached hydrogens (tertiary/aromatic N) is 4. The predicted molar refractivity (Wildman–Crippen MR) is 89.4 cm³/mol. The smallest absolute Gasteiger partial charge is 0.363 e. The van der Waals surface area contributed by atoms with Gasteiger partial charge in [0.2, 0.25) is 5.90 Å². The van der Waals surface area contributed by atoms with Crippen LogP contribution in [0.1, 0.15) is 11.4 Å². The number of para-hydroxylation sites is 2. The second-order valence-corrected chi connectivity index (χ2v) is 5.42. The Morgan fingerprint density at radius 3 is 2.75 bits per heavy atom. The molecule has 0 saturated heterocycles. The molecule has 3 aromatic rings. The molecule has 116 valence electrons. The molecule has 0 N–H and O–H groups in total. The maximum atomic E-state index is 12.0. The van der Waals surface area contributed by atoms with Crippen molar-refractivity contribution >= 4 is 40.6 Å². The van der Waals surface area contributed by atoms with Crippen LogP contribution < -0.4 is 0 Å². The van der Waals surface area contributed by atoms with Crippen molar-refractivity contribution in [2.45, 2.75) is 0 Å². The van der Waals surface area contributed by atoms with Crippen LogP contribution in [-0.4, -0.2) is 26.8 Å². The summed E-state index contributed by atoms with van der Waals surface area (Å²) in [5.41, 5.74) is 2.56. The average Bonchev–Trinajstić information content (AvgIpc) is 2.96. The Morgan fingerprint density at radius 2 is 1.92 bits per heavy atom. The molecule has 2 aromatic heterocycles. The van der Waals surface area contributed by atoms with Gasteiger partial charge in [0.25, 0.3) is 0 Å². The van der Waals surface area contributed by atoms with Crippen molar-refractivity contribution in [1.82, 2.24) is 15.0 Å². The first-order chi connectivity index (χ1) is 11.7. The lowest BCUT2D eigenvalue weighted by Crippen LogP contribution is -2.07. The van der Waals surface area contributed by atoms with Crippen LogP contribution in [-0.2, 0) is 9.53 Å². The lowest BCUT2D eigenvalue weighted by molar-refractivity contribution is -0.129. The van der Waals surface area contributed by atoms with E-state index in [1.54, 1.807) is 18.3 Å². The number of ether oxygens (including phenoxy) is 1. The van der Waals surface area contributed by atoms with E-state index in [-0.39, 0.29) is 11.6 Å². The molecule has 0 radical (unpaired) electrons. The molecule has 1 aliphatic rings. The monoisotopic (exact) mass is 336 g/mol. The summed E-state index contributed by atoms with van der Waals surface area (Å²) in [5, 5.41) is 0.483. The van der Waals surface area contributed by atoms with E-state index in [0.29, 0.717) is 16.4 Å². The highest BCUT2D eigenvalue weighted by Crippen LogP contribution is 2.19. The number of pyridine rings is 1. The summed E-state index contributed by atoms with van der Waals surface area (Å²) < 4.78 is 5.15. The van der Waals surface area contributed by atoms with Gasteiger partial charge in [-0.2, -0.15) is 0 Å². The summed E-state index contributed by atoms with van der Waals surface area (Å²) in [6.07, 6.45) is 4.62. The van der Waals surface area contributed by atoms with Crippen molar-refractivity contribution in [2.24, 2.45) is 4.99 Å². The van der Waals surface area contributed by atoms with Crippen LogP contribution >= 0.6 is 11.6 Å². The second kappa shape index (κ2) is 5.82. The number of carbonyl (C=O) groups excluding carboxylic acids is 1. The highest BCUT2D eigenvalue weighted by molar-refractivity contribution is 6.31. The Hall–Kier alpha value is -3.12. The number of aliphatic imine (C=N–C) groups is 1. The summed E-state index contributed by atoms with van der Waals surface area (Å²) in [6.45, 7) is 0. The van der Waals surface area contributed by atoms with E-state index in [2.05, 4.69) is 19.9 Å². The number of halogens is 1. The van der Waals surface area contributed by atoms with Gasteiger partial charge >= 0.3 is 5.97 Å². The number of hydrogen-bond acceptors (Lipinski definition) is 6. The third kappa shape index (κ3) is 2.75. The summed E-state index contributed by atoms with van der Waals surface area (Å²) in [4.78, 5) is 29.0. The van der Waals surface area contributed by atoms with Gasteiger partial charge in [-0.25, -0.2) is 14.8 Å². The molecule has 0 aliphatic carbocycles. The fourth-order valence-corrected chi connectivity index (χ4v) is 2.38. The third-order valence-electron chi connectivity index (χ3n) is 3.31. The highest BCUT2D eigenvalue weighted by Gasteiger charge is 2.25. The van der Waals surface area contributed by atoms with Gasteiger partial charge in [-0.15, -0.1) is 0 Å². The molecule has 4 rings (SSSR count). The van der Waals surface area contributed by atoms with Gasteiger partial charge in [-0.3, -0.25) is 9.97 Å². The topological polar surface area (TPSA) is 77.3 Å². The predicted octanol–water partition coefficient (Wildman–Crippen LogP) is 3.02. The Bertz CT molecular complexity index is 1030. The minimum Gasteiger partial charge on any atom is -0.400 e. The minimum atomic E-state index is -0.568. The van der Waals surface area contributed by atoms with Gasteiger partial charge in [0.05, 0.1) is 22.9 Å². The van der Waals surface area contributed by atoms with E-state index in [0.717, 1.165) is 11.0 Å². The zero-order valence-electron chi connectivity index (χ0n) is 12.2. The Kier molecular flexibility index (Phi) is 3.51. The Labute approximate surface area is 141 Å². The maximum absolute atomic E-state index is 12.0. The lowest BCUT2D eigenvalue weighted by atomic mass is 10.3. The van der Waals surface area contributed by atoms with Gasteiger partial charge in [0.1, 0.15) is 5.69 Å². The molecule has 0 saturated carbocycles. The first-order valence-corrected chi connectivity index (χ1v) is 7.43. The Balaban J connectivity index is 1.71. The standard InChI is InChI=1S/C17H9ClN4O2/c18-10-5-6-19-14(7-10)16-22-15(17(23)24-16)8-11-9-20-12-3-1-2-4-13(12)21-11/h1-9H/b15-8-. The van der Waals surface area contributed by atoms with Crippen LogP contribution in [0.4, 0.5) is 0 Å². The van der Waals surface area contributed by atoms with Crippen molar-refractivity contribution in [3.63, 3.8) is 0 Å². The zero-order chi connectivity index (χ0) is 16.5. The molecule has 7 heteroatoms. The fourth-order valence-electron chi connectivity index (χ4n) is 2.22. The number of aromatic nitrogens is 3. The number of benzene rings is 1. The quantitative estimate of drug-likeness (QED) is 0.531. The molecule has 0 atom stereocenters. The number of esters is 1. The van der Waals surface area contributed by atoms with E-state index >= 15 is 0 Å². The van der Waals surface area contributed by atoms with Gasteiger partial charge in [0, 0.05) is 11.2 Å². The van der Waals surface area contributed by atoms with Crippen LogP contribution in [0.2, 0.25) is 5.02 Å². The van der Waals surface area contributed by atoms with Gasteiger partial charge in [-0.05, 0) is 30.3 Å². The van der Waals surface area contributed by atoms with E-state index in [4.69, 9.17) is 16.3 Å². The molecule has 1 aliphatic heterocycles. The van der Waals surface area contributed by atoms with E-state index < -0.39 is 5.97 Å². The molecule has 1 aromatic carbocycles. The van der Waals surface area contributed by atoms with Crippen molar-refractivity contribution in [3.8, 4) is 0 Å². The summed E-state index contributed by atoms with van der Waals surface area (Å²) in [6, 6.07) is 10.7. The number of cyclic esters (lactones) is 1. The molecule has 6 nitrogen and oxygen atoms in total. The zero-order valence-corrected chi connectivity index (χ0v) is 12.9. The first kappa shape index (κ1) is 14.5. The van der Waals surface area contributed by atoms with E-state index in [9.17, 15) is 4.79 Å². The SMILES string of the molecule is O=C1OC(c2cc(Cl)ccn2)=N/C1=C\c1cnc2ccccc2n1. The van der Waals surface area contributed by atoms with Gasteiger partial charge in [0.15, 0.2) is 5.70 Å². The third-order valence-corrected chi connectivity index (χ3v) is 3.55. The van der Waals surface area contributed by atoms with Crippen LogP contribution in [0.15, 0.2) is 59.5 Å². The van der Waals surface area contributed by atoms with Crippen molar-refractivity contribution < 1.29 is 9.53 Å². The van der Waals surface area contributed by atoms with Gasteiger partial charge in [-0.1, -0.05) is 23.7 Å². The second-order valence-electron chi connectivity index (χ2n) is 4.98. The molecule has 0 bridgehead atoms. The van der Waals surface area contributed by atoms with Crippen LogP contribution in [0.3, 0.4) is 0 Å². The molecular weight excluding hydrogens is 328 g/mol. The van der Waals surface area contributed by atoms with Crippen molar-refractivity contribution in [2.75, 3.05) is 0 Å². The summed E-state index contributed by atoms with van der Waals surface area (Å²) in [5.74, 6) is -0.454. The normalized spacial score (nSPS) is 15.6. The first-order valence-electron chi connectivity index (χ1n) is 7.05. The highest BCUT2D eigenvalue weighted by atomic mass is 35.5. The fraction of sp³-hybridized carbons (Fsp3) is 0. The molecule has 0 spiro atoms. The maximum Gasteiger partial charge on any atom is 0.363 e. The van der Waals surface area contributed by atoms with Gasteiger partial charge < -0.3 is 4.74 Å². The molecule has 0 amide bonds. The lowest BCUT2D eigenvalue weighted by Gasteiger charge is -1.98. The van der Waals surface area contributed by atoms with Crippen molar-refractivity contribution in [3.05, 3.63) is 70.9 Å². The average molecular weight is 337 g/mol. The molecule has 0 unspecified atom stereocenters. The van der Waals surface area contributed by atoms with E-state index in [1.807, 2.05) is 24.3 Å². The summed E-state index contributed by atoms with van der Waals surface area (Å²) in [7, 11) is 0. The summed E-state index contributed by atoms with van der Waals surface area (Å²) >= 11 is 5.91. The number of hydrogen-bond donors (Lipinski definition) is 0. The molecular formula is C17H9ClN4O2. The largest absolute Gasteiger partial charge is 0.400 e. The van der Waals surface area contributed by atoms with Crippen LogP contribution in [0.25, 0.3) is 17.1 Å². The van der Waals surface area contributed by atoms with Crippen LogP contribution in [0, 0.1) is 0 Å². The Morgan fingerprint density at radius 1 is 1.08 bits per heavy atom. The molecule has 0 fully saturated rings. The van der Waals surface area contributed by atoms with E-state index in [1.165, 1.54) is 12.3 Å². The molecule has 3 heterocycles.